The Bertz CT molecular complexity index is 237. The molecule has 0 fully saturated rings. The Morgan fingerprint density at radius 2 is 1.93 bits per heavy atom. The monoisotopic (exact) mass is 329 g/mol. The molecule has 5 nitrogen and oxygen atoms in total. The van der Waals surface area contributed by atoms with Crippen molar-refractivity contribution in [2.75, 3.05) is 7.11 Å². The van der Waals surface area contributed by atoms with Crippen LogP contribution in [0.3, 0.4) is 0 Å². The number of ether oxygens (including phenoxy) is 2. The number of amides is 1. The summed E-state index contributed by atoms with van der Waals surface area (Å²) in [6.45, 7) is 5.32. The van der Waals surface area contributed by atoms with E-state index in [9.17, 15) is 9.59 Å². The minimum absolute atomic E-state index is 0.121. The molecule has 6 heteroatoms. The second-order valence-electron chi connectivity index (χ2n) is 3.89. The van der Waals surface area contributed by atoms with E-state index in [1.165, 1.54) is 7.11 Å². The van der Waals surface area contributed by atoms with Crippen molar-refractivity contribution in [3.63, 3.8) is 0 Å². The van der Waals surface area contributed by atoms with Gasteiger partial charge in [-0.05, 0) is 20.8 Å². The van der Waals surface area contributed by atoms with Crippen molar-refractivity contribution >= 4 is 34.7 Å². The van der Waals surface area contributed by atoms with Crippen molar-refractivity contribution in [2.45, 2.75) is 36.8 Å². The van der Waals surface area contributed by atoms with Crippen LogP contribution in [-0.2, 0) is 14.3 Å². The number of carbonyl (C=O) groups excluding carboxylic acids is 2. The molecule has 1 N–H and O–H groups in total. The maximum absolute atomic E-state index is 11.2. The van der Waals surface area contributed by atoms with E-state index in [1.54, 1.807) is 20.8 Å². The van der Waals surface area contributed by atoms with E-state index in [0.717, 1.165) is 0 Å². The third-order valence-electron chi connectivity index (χ3n) is 1.25. The lowest BCUT2D eigenvalue weighted by Gasteiger charge is -2.21. The first-order chi connectivity index (χ1) is 6.74. The Labute approximate surface area is 103 Å². The van der Waals surface area contributed by atoms with Gasteiger partial charge in [0.15, 0.2) is 0 Å². The van der Waals surface area contributed by atoms with Crippen molar-refractivity contribution < 1.29 is 19.1 Å². The molecular weight excluding hydrogens is 313 g/mol. The molecule has 0 bridgehead atoms. The SMILES string of the molecule is COC(=O)CC(I)NC(=O)OC(C)(C)C. The van der Waals surface area contributed by atoms with Crippen LogP contribution in [0.15, 0.2) is 0 Å². The molecule has 0 radical (unpaired) electrons. The lowest BCUT2D eigenvalue weighted by Crippen LogP contribution is -2.37. The standard InChI is InChI=1S/C9H16INO4/c1-9(2,3)15-8(13)11-6(10)5-7(12)14-4/h6H,5H2,1-4H3,(H,11,13). The number of hydrogen-bond acceptors (Lipinski definition) is 4. The fraction of sp³-hybridized carbons (Fsp3) is 0.778. The van der Waals surface area contributed by atoms with Crippen LogP contribution >= 0.6 is 22.6 Å². The van der Waals surface area contributed by atoms with Crippen LogP contribution in [0.4, 0.5) is 4.79 Å². The number of nitrogens with one attached hydrogen (secondary N) is 1. The number of halogens is 1. The summed E-state index contributed by atoms with van der Waals surface area (Å²) in [5, 5.41) is 2.53. The predicted octanol–water partition coefficient (Wildman–Crippen LogP) is 1.84. The van der Waals surface area contributed by atoms with Crippen molar-refractivity contribution in [3.05, 3.63) is 0 Å². The lowest BCUT2D eigenvalue weighted by atomic mass is 10.2. The Morgan fingerprint density at radius 3 is 2.33 bits per heavy atom. The zero-order valence-electron chi connectivity index (χ0n) is 9.30. The van der Waals surface area contributed by atoms with E-state index in [-0.39, 0.29) is 16.4 Å². The molecule has 0 aliphatic heterocycles. The molecule has 0 aromatic rings. The molecule has 88 valence electrons. The molecule has 0 aromatic heterocycles. The highest BCUT2D eigenvalue weighted by molar-refractivity contribution is 14.1. The van der Waals surface area contributed by atoms with Crippen LogP contribution in [0.5, 0.6) is 0 Å². The molecule has 0 heterocycles. The smallest absolute Gasteiger partial charge is 0.408 e. The summed E-state index contributed by atoms with van der Waals surface area (Å²) in [5.74, 6) is -0.370. The van der Waals surface area contributed by atoms with E-state index in [1.807, 2.05) is 22.6 Å². The summed E-state index contributed by atoms with van der Waals surface area (Å²) in [7, 11) is 1.30. The molecule has 0 rings (SSSR count). The number of alkyl halides is 1. The third kappa shape index (κ3) is 8.46. The molecule has 1 amide bonds. The van der Waals surface area contributed by atoms with Crippen LogP contribution in [0, 0.1) is 0 Å². The van der Waals surface area contributed by atoms with E-state index in [0.29, 0.717) is 0 Å². The molecule has 0 spiro atoms. The van der Waals surface area contributed by atoms with Crippen molar-refractivity contribution in [1.29, 1.82) is 0 Å². The minimum atomic E-state index is -0.536. The van der Waals surface area contributed by atoms with Crippen LogP contribution in [0.25, 0.3) is 0 Å². The number of methoxy groups -OCH3 is 1. The van der Waals surface area contributed by atoms with Gasteiger partial charge in [0.2, 0.25) is 0 Å². The molecule has 0 aliphatic carbocycles. The normalized spacial score (nSPS) is 12.9. The average Bonchev–Trinajstić information content (AvgIpc) is 1.99. The van der Waals surface area contributed by atoms with Crippen LogP contribution in [-0.4, -0.2) is 28.8 Å². The van der Waals surface area contributed by atoms with Crippen LogP contribution in [0.2, 0.25) is 0 Å². The largest absolute Gasteiger partial charge is 0.469 e. The van der Waals surface area contributed by atoms with Gasteiger partial charge in [-0.25, -0.2) is 4.79 Å². The van der Waals surface area contributed by atoms with E-state index >= 15 is 0 Å². The van der Waals surface area contributed by atoms with Gasteiger partial charge in [0.1, 0.15) is 5.60 Å². The summed E-state index contributed by atoms with van der Waals surface area (Å²) in [4.78, 5) is 22.1. The molecule has 15 heavy (non-hydrogen) atoms. The lowest BCUT2D eigenvalue weighted by molar-refractivity contribution is -0.140. The highest BCUT2D eigenvalue weighted by Crippen LogP contribution is 2.09. The Balaban J connectivity index is 3.92. The van der Waals surface area contributed by atoms with Gasteiger partial charge < -0.3 is 14.8 Å². The van der Waals surface area contributed by atoms with Crippen molar-refractivity contribution in [2.24, 2.45) is 0 Å². The number of rotatable bonds is 3. The zero-order chi connectivity index (χ0) is 12.1. The summed E-state index contributed by atoms with van der Waals surface area (Å²) < 4.78 is 9.16. The number of esters is 1. The second kappa shape index (κ2) is 6.14. The number of alkyl carbamates (subject to hydrolysis) is 1. The zero-order valence-corrected chi connectivity index (χ0v) is 11.5. The van der Waals surface area contributed by atoms with Crippen molar-refractivity contribution in [1.82, 2.24) is 5.32 Å². The van der Waals surface area contributed by atoms with Gasteiger partial charge in [0.25, 0.3) is 0 Å². The van der Waals surface area contributed by atoms with Gasteiger partial charge in [-0.15, -0.1) is 0 Å². The third-order valence-corrected chi connectivity index (χ3v) is 2.00. The van der Waals surface area contributed by atoms with Gasteiger partial charge in [0.05, 0.1) is 17.6 Å². The quantitative estimate of drug-likeness (QED) is 0.371. The average molecular weight is 329 g/mol. The molecule has 0 aliphatic rings. The van der Waals surface area contributed by atoms with E-state index in [4.69, 9.17) is 4.74 Å². The highest BCUT2D eigenvalue weighted by Gasteiger charge is 2.19. The van der Waals surface area contributed by atoms with Gasteiger partial charge in [0, 0.05) is 0 Å². The summed E-state index contributed by atoms with van der Waals surface area (Å²) in [6.07, 6.45) is -0.415. The van der Waals surface area contributed by atoms with Crippen LogP contribution < -0.4 is 5.32 Å². The highest BCUT2D eigenvalue weighted by atomic mass is 127. The van der Waals surface area contributed by atoms with Crippen LogP contribution in [0.1, 0.15) is 27.2 Å². The summed E-state index contributed by atoms with van der Waals surface area (Å²) >= 11 is 1.93. The fourth-order valence-corrected chi connectivity index (χ4v) is 1.33. The molecule has 0 aromatic carbocycles. The maximum Gasteiger partial charge on any atom is 0.408 e. The van der Waals surface area contributed by atoms with E-state index < -0.39 is 11.7 Å². The Hall–Kier alpha value is -0.530. The van der Waals surface area contributed by atoms with Crippen molar-refractivity contribution in [3.8, 4) is 0 Å². The molecule has 0 saturated carbocycles. The Kier molecular flexibility index (Phi) is 5.92. The van der Waals surface area contributed by atoms with Gasteiger partial charge in [-0.2, -0.15) is 0 Å². The Morgan fingerprint density at radius 1 is 1.40 bits per heavy atom. The molecular formula is C9H16INO4. The van der Waals surface area contributed by atoms with E-state index in [2.05, 4.69) is 10.1 Å². The first-order valence-corrected chi connectivity index (χ1v) is 5.69. The predicted molar refractivity (Wildman–Crippen MR) is 63.8 cm³/mol. The van der Waals surface area contributed by atoms with Gasteiger partial charge in [-0.1, -0.05) is 22.6 Å². The van der Waals surface area contributed by atoms with Gasteiger partial charge in [-0.3, -0.25) is 4.79 Å². The molecule has 1 atom stereocenters. The summed E-state index contributed by atoms with van der Waals surface area (Å²) in [5.41, 5.74) is -0.536. The first-order valence-electron chi connectivity index (χ1n) is 4.45. The maximum atomic E-state index is 11.2. The topological polar surface area (TPSA) is 64.6 Å². The molecule has 0 saturated heterocycles. The number of carbonyl (C=O) groups is 2. The molecule has 1 unspecified atom stereocenters. The fourth-order valence-electron chi connectivity index (χ4n) is 0.716. The minimum Gasteiger partial charge on any atom is -0.469 e. The number of hydrogen-bond donors (Lipinski definition) is 1. The first kappa shape index (κ1) is 14.5. The second-order valence-corrected chi connectivity index (χ2v) is 5.40. The summed E-state index contributed by atoms with van der Waals surface area (Å²) in [6, 6.07) is 0. The van der Waals surface area contributed by atoms with Gasteiger partial charge >= 0.3 is 12.1 Å².